The molecule has 32 heavy (non-hydrogen) atoms. The molecule has 0 saturated carbocycles. The molecule has 2 aromatic carbocycles. The Bertz CT molecular complexity index is 872. The fourth-order valence-corrected chi connectivity index (χ4v) is 3.95. The fourth-order valence-electron chi connectivity index (χ4n) is 3.95. The summed E-state index contributed by atoms with van der Waals surface area (Å²) in [5.41, 5.74) is 2.34. The molecule has 0 spiro atoms. The molecule has 8 heteroatoms. The van der Waals surface area contributed by atoms with Gasteiger partial charge in [0.15, 0.2) is 17.5 Å². The Morgan fingerprint density at radius 3 is 2.38 bits per heavy atom. The van der Waals surface area contributed by atoms with E-state index >= 15 is 0 Å². The highest BCUT2D eigenvalue weighted by molar-refractivity contribution is 14.0. The number of rotatable bonds is 9. The van der Waals surface area contributed by atoms with Gasteiger partial charge in [-0.3, -0.25) is 9.89 Å². The number of hydrogen-bond acceptors (Lipinski definition) is 5. The molecule has 176 valence electrons. The van der Waals surface area contributed by atoms with Gasteiger partial charge >= 0.3 is 0 Å². The highest BCUT2D eigenvalue weighted by atomic mass is 127. The molecule has 1 fully saturated rings. The molecule has 1 heterocycles. The van der Waals surface area contributed by atoms with Gasteiger partial charge < -0.3 is 24.8 Å². The van der Waals surface area contributed by atoms with Gasteiger partial charge in [-0.05, 0) is 61.3 Å². The molecule has 2 aromatic rings. The zero-order valence-electron chi connectivity index (χ0n) is 19.4. The molecule has 0 aromatic heterocycles. The van der Waals surface area contributed by atoms with Crippen LogP contribution >= 0.6 is 24.0 Å². The third kappa shape index (κ3) is 6.90. The van der Waals surface area contributed by atoms with Gasteiger partial charge in [-0.1, -0.05) is 18.2 Å². The summed E-state index contributed by atoms with van der Waals surface area (Å²) in [6.07, 6.45) is 2.49. The average molecular weight is 554 g/mol. The van der Waals surface area contributed by atoms with Crippen molar-refractivity contribution in [3.63, 3.8) is 0 Å². The number of methoxy groups -OCH3 is 3. The van der Waals surface area contributed by atoms with Crippen molar-refractivity contribution >= 4 is 29.9 Å². The molecule has 1 aliphatic heterocycles. The smallest absolute Gasteiger partial charge is 0.191 e. The highest BCUT2D eigenvalue weighted by Gasteiger charge is 2.24. The van der Waals surface area contributed by atoms with Crippen LogP contribution in [0.5, 0.6) is 17.2 Å². The van der Waals surface area contributed by atoms with Crippen LogP contribution in [0.1, 0.15) is 30.0 Å². The number of guanidine groups is 1. The molecule has 1 aliphatic rings. The van der Waals surface area contributed by atoms with Gasteiger partial charge in [-0.25, -0.2) is 0 Å². The monoisotopic (exact) mass is 554 g/mol. The number of aliphatic imine (C=N–C) groups is 1. The summed E-state index contributed by atoms with van der Waals surface area (Å²) in [7, 11) is 6.79. The van der Waals surface area contributed by atoms with Gasteiger partial charge in [0, 0.05) is 20.1 Å². The fraction of sp³-hybridized carbons (Fsp3) is 0.458. The number of ether oxygens (including phenoxy) is 3. The van der Waals surface area contributed by atoms with Crippen LogP contribution in [0.25, 0.3) is 0 Å². The third-order valence-electron chi connectivity index (χ3n) is 5.65. The molecule has 7 nitrogen and oxygen atoms in total. The van der Waals surface area contributed by atoms with Crippen LogP contribution in [-0.4, -0.2) is 58.9 Å². The number of likely N-dealkylation sites (tertiary alicyclic amines) is 1. The second kappa shape index (κ2) is 13.4. The first kappa shape index (κ1) is 26.1. The molecule has 1 saturated heterocycles. The summed E-state index contributed by atoms with van der Waals surface area (Å²) in [6, 6.07) is 14.5. The average Bonchev–Trinajstić information content (AvgIpc) is 3.35. The molecular weight excluding hydrogens is 519 g/mol. The maximum atomic E-state index is 5.44. The maximum Gasteiger partial charge on any atom is 0.191 e. The predicted octanol–water partition coefficient (Wildman–Crippen LogP) is 3.83. The quantitative estimate of drug-likeness (QED) is 0.279. The van der Waals surface area contributed by atoms with E-state index < -0.39 is 0 Å². The molecule has 3 rings (SSSR count). The van der Waals surface area contributed by atoms with Gasteiger partial charge in [0.2, 0.25) is 0 Å². The second-order valence-electron chi connectivity index (χ2n) is 7.53. The van der Waals surface area contributed by atoms with E-state index in [0.29, 0.717) is 6.54 Å². The maximum absolute atomic E-state index is 5.44. The van der Waals surface area contributed by atoms with Crippen LogP contribution in [0.4, 0.5) is 0 Å². The third-order valence-corrected chi connectivity index (χ3v) is 5.65. The number of benzene rings is 2. The van der Waals surface area contributed by atoms with E-state index in [1.165, 1.54) is 18.4 Å². The van der Waals surface area contributed by atoms with Crippen LogP contribution in [-0.2, 0) is 6.54 Å². The summed E-state index contributed by atoms with van der Waals surface area (Å²) in [5.74, 6) is 3.09. The summed E-state index contributed by atoms with van der Waals surface area (Å²) in [4.78, 5) is 6.93. The minimum Gasteiger partial charge on any atom is -0.497 e. The largest absolute Gasteiger partial charge is 0.497 e. The van der Waals surface area contributed by atoms with Gasteiger partial charge in [0.25, 0.3) is 0 Å². The molecule has 1 atom stereocenters. The lowest BCUT2D eigenvalue weighted by Gasteiger charge is -2.29. The minimum absolute atomic E-state index is 0. The van der Waals surface area contributed by atoms with Crippen molar-refractivity contribution in [3.05, 3.63) is 53.6 Å². The van der Waals surface area contributed by atoms with Crippen molar-refractivity contribution in [1.29, 1.82) is 0 Å². The van der Waals surface area contributed by atoms with Gasteiger partial charge in [-0.2, -0.15) is 0 Å². The molecule has 0 aliphatic carbocycles. The topological polar surface area (TPSA) is 67.4 Å². The van der Waals surface area contributed by atoms with Gasteiger partial charge in [0.1, 0.15) is 5.75 Å². The van der Waals surface area contributed by atoms with Crippen LogP contribution in [0.2, 0.25) is 0 Å². The number of halogens is 1. The summed E-state index contributed by atoms with van der Waals surface area (Å²) in [6.45, 7) is 3.62. The Kier molecular flexibility index (Phi) is 10.9. The highest BCUT2D eigenvalue weighted by Crippen LogP contribution is 2.28. The van der Waals surface area contributed by atoms with Crippen molar-refractivity contribution in [1.82, 2.24) is 15.5 Å². The standard InChI is InChI=1S/C24H34N4O3.HI/c1-25-24(26-16-18-10-11-22(30-3)23(14-18)31-4)27-17-21(28-12-5-6-13-28)19-8-7-9-20(15-19)29-2;/h7-11,14-15,21H,5-6,12-13,16-17H2,1-4H3,(H2,25,26,27);1H. The number of nitrogens with zero attached hydrogens (tertiary/aromatic N) is 2. The van der Waals surface area contributed by atoms with Crippen LogP contribution in [0, 0.1) is 0 Å². The second-order valence-corrected chi connectivity index (χ2v) is 7.53. The first-order chi connectivity index (χ1) is 15.2. The molecule has 0 radical (unpaired) electrons. The van der Waals surface area contributed by atoms with Crippen LogP contribution < -0.4 is 24.8 Å². The Labute approximate surface area is 208 Å². The van der Waals surface area contributed by atoms with E-state index in [1.807, 2.05) is 24.3 Å². The zero-order chi connectivity index (χ0) is 22.1. The lowest BCUT2D eigenvalue weighted by atomic mass is 10.1. The number of hydrogen-bond donors (Lipinski definition) is 2. The Morgan fingerprint density at radius 1 is 0.969 bits per heavy atom. The van der Waals surface area contributed by atoms with E-state index in [2.05, 4.69) is 38.7 Å². The van der Waals surface area contributed by atoms with Crippen molar-refractivity contribution in [2.75, 3.05) is 48.0 Å². The van der Waals surface area contributed by atoms with Crippen molar-refractivity contribution < 1.29 is 14.2 Å². The normalized spacial score (nSPS) is 14.9. The van der Waals surface area contributed by atoms with Gasteiger partial charge in [0.05, 0.1) is 27.4 Å². The van der Waals surface area contributed by atoms with E-state index in [9.17, 15) is 0 Å². The number of nitrogens with one attached hydrogen (secondary N) is 2. The van der Waals surface area contributed by atoms with E-state index in [-0.39, 0.29) is 30.0 Å². The van der Waals surface area contributed by atoms with Gasteiger partial charge in [-0.15, -0.1) is 24.0 Å². The van der Waals surface area contributed by atoms with Crippen molar-refractivity contribution in [2.45, 2.75) is 25.4 Å². The Hall–Kier alpha value is -2.20. The van der Waals surface area contributed by atoms with E-state index in [4.69, 9.17) is 14.2 Å². The minimum atomic E-state index is 0. The molecule has 0 amide bonds. The lowest BCUT2D eigenvalue weighted by Crippen LogP contribution is -2.42. The predicted molar refractivity (Wildman–Crippen MR) is 140 cm³/mol. The summed E-state index contributed by atoms with van der Waals surface area (Å²) in [5, 5.41) is 6.90. The summed E-state index contributed by atoms with van der Waals surface area (Å²) >= 11 is 0. The van der Waals surface area contributed by atoms with Crippen molar-refractivity contribution in [2.24, 2.45) is 4.99 Å². The Balaban J connectivity index is 0.00000363. The zero-order valence-corrected chi connectivity index (χ0v) is 21.7. The van der Waals surface area contributed by atoms with Crippen molar-refractivity contribution in [3.8, 4) is 17.2 Å². The van der Waals surface area contributed by atoms with Crippen LogP contribution in [0.15, 0.2) is 47.5 Å². The molecular formula is C24H35IN4O3. The van der Waals surface area contributed by atoms with E-state index in [0.717, 1.165) is 48.4 Å². The molecule has 2 N–H and O–H groups in total. The Morgan fingerprint density at radius 2 is 1.72 bits per heavy atom. The van der Waals surface area contributed by atoms with Crippen LogP contribution in [0.3, 0.4) is 0 Å². The SMILES string of the molecule is CN=C(NCc1ccc(OC)c(OC)c1)NCC(c1cccc(OC)c1)N1CCCC1.I. The molecule has 1 unspecified atom stereocenters. The van der Waals surface area contributed by atoms with E-state index in [1.54, 1.807) is 28.4 Å². The lowest BCUT2D eigenvalue weighted by molar-refractivity contribution is 0.245. The first-order valence-corrected chi connectivity index (χ1v) is 10.7. The molecule has 0 bridgehead atoms. The first-order valence-electron chi connectivity index (χ1n) is 10.7. The summed E-state index contributed by atoms with van der Waals surface area (Å²) < 4.78 is 16.2.